The van der Waals surface area contributed by atoms with Gasteiger partial charge in [-0.25, -0.2) is 14.4 Å². The molecule has 224 valence electrons. The number of unbranched alkanes of at least 4 members (excludes halogenated alkanes) is 10. The number of hydrogen-bond donors (Lipinski definition) is 3. The van der Waals surface area contributed by atoms with E-state index in [2.05, 4.69) is 9.57 Å². The average Bonchev–Trinajstić information content (AvgIpc) is 2.92. The predicted molar refractivity (Wildman–Crippen MR) is 138 cm³/mol. The van der Waals surface area contributed by atoms with Gasteiger partial charge in [0, 0.05) is 13.2 Å². The summed E-state index contributed by atoms with van der Waals surface area (Å²) >= 11 is 0. The van der Waals surface area contributed by atoms with Crippen molar-refractivity contribution in [3.05, 3.63) is 37.2 Å². The lowest BCUT2D eigenvalue weighted by Crippen LogP contribution is -2.30. The van der Waals surface area contributed by atoms with Crippen molar-refractivity contribution in [2.24, 2.45) is 5.90 Å². The Bertz CT molecular complexity index is 711. The Morgan fingerprint density at radius 3 is 1.51 bits per heavy atom. The molecule has 0 aromatic rings. The van der Waals surface area contributed by atoms with Crippen LogP contribution in [0, 0.1) is 0 Å². The molecular formula is C26H43NO12. The van der Waals surface area contributed by atoms with E-state index in [-0.39, 0.29) is 13.2 Å². The maximum Gasteiger partial charge on any atom is 0.513 e. The van der Waals surface area contributed by atoms with E-state index in [0.717, 1.165) is 76.7 Å². The van der Waals surface area contributed by atoms with Crippen LogP contribution < -0.4 is 5.90 Å². The first-order valence-corrected chi connectivity index (χ1v) is 13.1. The number of nitrogens with two attached hydrogens (primary N) is 1. The highest BCUT2D eigenvalue weighted by atomic mass is 16.8. The van der Waals surface area contributed by atoms with E-state index in [1.54, 1.807) is 12.2 Å². The van der Waals surface area contributed by atoms with Gasteiger partial charge < -0.3 is 43.5 Å². The summed E-state index contributed by atoms with van der Waals surface area (Å²) in [4.78, 5) is 39.5. The highest BCUT2D eigenvalue weighted by Gasteiger charge is 2.21. The summed E-state index contributed by atoms with van der Waals surface area (Å²) < 4.78 is 29.0. The fourth-order valence-electron chi connectivity index (χ4n) is 2.94. The van der Waals surface area contributed by atoms with Crippen LogP contribution >= 0.6 is 0 Å². The molecule has 0 amide bonds. The van der Waals surface area contributed by atoms with Gasteiger partial charge in [-0.2, -0.15) is 5.90 Å². The Kier molecular flexibility index (Phi) is 25.4. The van der Waals surface area contributed by atoms with Crippen LogP contribution in [0.15, 0.2) is 37.2 Å². The van der Waals surface area contributed by atoms with E-state index in [1.165, 1.54) is 12.5 Å². The summed E-state index contributed by atoms with van der Waals surface area (Å²) in [5.74, 6) is 4.75. The number of rotatable bonds is 23. The van der Waals surface area contributed by atoms with Crippen molar-refractivity contribution in [2.45, 2.75) is 83.2 Å². The minimum Gasteiger partial charge on any atom is -0.430 e. The molecule has 0 spiro atoms. The summed E-state index contributed by atoms with van der Waals surface area (Å²) in [6.45, 7) is -0.604. The smallest absolute Gasteiger partial charge is 0.430 e. The third-order valence-electron chi connectivity index (χ3n) is 4.91. The van der Waals surface area contributed by atoms with Gasteiger partial charge in [0.1, 0.15) is 25.7 Å². The molecule has 0 fully saturated rings. The van der Waals surface area contributed by atoms with Crippen molar-refractivity contribution < 1.29 is 57.9 Å². The molecule has 0 bridgehead atoms. The molecule has 0 aromatic heterocycles. The Hall–Kier alpha value is -3.29. The van der Waals surface area contributed by atoms with Gasteiger partial charge in [-0.15, -0.1) is 0 Å². The largest absolute Gasteiger partial charge is 0.513 e. The maximum atomic E-state index is 12.0. The van der Waals surface area contributed by atoms with Crippen LogP contribution in [-0.2, 0) is 33.3 Å². The summed E-state index contributed by atoms with van der Waals surface area (Å²) in [6.07, 6.45) is 13.7. The minimum absolute atomic E-state index is 0.195. The van der Waals surface area contributed by atoms with Gasteiger partial charge in [-0.05, 0) is 50.7 Å². The number of aliphatic hydroxyl groups is 2. The fraction of sp³-hybridized carbons (Fsp3) is 0.654. The van der Waals surface area contributed by atoms with Crippen LogP contribution in [0.25, 0.3) is 0 Å². The highest BCUT2D eigenvalue weighted by Crippen LogP contribution is 2.07. The summed E-state index contributed by atoms with van der Waals surface area (Å²) in [6, 6.07) is 0. The second kappa shape index (κ2) is 27.7. The summed E-state index contributed by atoms with van der Waals surface area (Å²) in [5.41, 5.74) is 0. The zero-order chi connectivity index (χ0) is 28.8. The molecule has 0 aromatic carbocycles. The van der Waals surface area contributed by atoms with Gasteiger partial charge in [0.25, 0.3) is 0 Å². The van der Waals surface area contributed by atoms with Gasteiger partial charge in [-0.1, -0.05) is 38.5 Å². The molecular weight excluding hydrogens is 518 g/mol. The number of ether oxygens (including phenoxy) is 6. The van der Waals surface area contributed by atoms with Crippen molar-refractivity contribution in [3.63, 3.8) is 0 Å². The molecule has 0 aliphatic carbocycles. The molecule has 13 heteroatoms. The molecule has 1 unspecified atom stereocenters. The van der Waals surface area contributed by atoms with Crippen LogP contribution in [0.5, 0.6) is 0 Å². The standard InChI is InChI=1S/C26H43NO12/c27-38-20-19-35-25(31)37-22-23(39-26(32)34-18-14-10-6-2-4-8-12-16-29)21-36-24(30)33-17-13-9-5-1-3-7-11-15-28/h13-14,17-20,23,28-29H,1-12,15-16,21-22,27H2/b17-13-,18-14-,20-19-. The molecule has 0 saturated carbocycles. The maximum absolute atomic E-state index is 12.0. The lowest BCUT2D eigenvalue weighted by Gasteiger charge is -2.16. The predicted octanol–water partition coefficient (Wildman–Crippen LogP) is 4.87. The third-order valence-corrected chi connectivity index (χ3v) is 4.91. The first kappa shape index (κ1) is 35.7. The number of hydrogen-bond acceptors (Lipinski definition) is 13. The summed E-state index contributed by atoms with van der Waals surface area (Å²) in [7, 11) is 0. The molecule has 0 rings (SSSR count). The molecule has 0 heterocycles. The second-order valence-corrected chi connectivity index (χ2v) is 8.18. The van der Waals surface area contributed by atoms with E-state index in [0.29, 0.717) is 12.8 Å². The van der Waals surface area contributed by atoms with E-state index in [4.69, 9.17) is 39.8 Å². The quantitative estimate of drug-likeness (QED) is 0.0505. The van der Waals surface area contributed by atoms with Crippen molar-refractivity contribution >= 4 is 18.5 Å². The zero-order valence-electron chi connectivity index (χ0n) is 22.4. The van der Waals surface area contributed by atoms with Crippen LogP contribution in [0.3, 0.4) is 0 Å². The van der Waals surface area contributed by atoms with Crippen molar-refractivity contribution in [1.29, 1.82) is 0 Å². The van der Waals surface area contributed by atoms with Crippen molar-refractivity contribution in [3.8, 4) is 0 Å². The summed E-state index contributed by atoms with van der Waals surface area (Å²) in [5, 5.41) is 17.5. The molecule has 4 N–H and O–H groups in total. The number of carbonyl (C=O) groups excluding carboxylic acids is 3. The monoisotopic (exact) mass is 561 g/mol. The highest BCUT2D eigenvalue weighted by molar-refractivity contribution is 5.62. The second-order valence-electron chi connectivity index (χ2n) is 8.18. The molecule has 0 aliphatic heterocycles. The van der Waals surface area contributed by atoms with Gasteiger partial charge in [0.15, 0.2) is 6.10 Å². The topological polar surface area (TPSA) is 182 Å². The Morgan fingerprint density at radius 1 is 0.590 bits per heavy atom. The van der Waals surface area contributed by atoms with Crippen molar-refractivity contribution in [2.75, 3.05) is 26.4 Å². The fourth-order valence-corrected chi connectivity index (χ4v) is 2.94. The Labute approximate surface area is 229 Å². The van der Waals surface area contributed by atoms with Gasteiger partial charge >= 0.3 is 18.5 Å². The Morgan fingerprint density at radius 2 is 1.03 bits per heavy atom. The number of carbonyl (C=O) groups is 3. The molecule has 1 atom stereocenters. The molecule has 0 radical (unpaired) electrons. The SMILES string of the molecule is NO/C=C\OC(=O)OCC(COC(=O)O/C=C\CCCCCCCO)OC(=O)O/C=C\CCCCCCCO. The first-order chi connectivity index (χ1) is 19.0. The van der Waals surface area contributed by atoms with Crippen molar-refractivity contribution in [1.82, 2.24) is 0 Å². The lowest BCUT2D eigenvalue weighted by molar-refractivity contribution is -0.0306. The lowest BCUT2D eigenvalue weighted by atomic mass is 10.1. The molecule has 39 heavy (non-hydrogen) atoms. The van der Waals surface area contributed by atoms with Gasteiger partial charge in [0.2, 0.25) is 0 Å². The minimum atomic E-state index is -1.21. The Balaban J connectivity index is 4.45. The van der Waals surface area contributed by atoms with Crippen LogP contribution in [-0.4, -0.2) is 61.2 Å². The van der Waals surface area contributed by atoms with E-state index < -0.39 is 37.8 Å². The third kappa shape index (κ3) is 26.1. The number of allylic oxidation sites excluding steroid dienone is 2. The zero-order valence-corrected chi connectivity index (χ0v) is 22.4. The van der Waals surface area contributed by atoms with Crippen LogP contribution in [0.1, 0.15) is 77.0 Å². The molecule has 0 saturated heterocycles. The van der Waals surface area contributed by atoms with E-state index in [9.17, 15) is 14.4 Å². The number of aliphatic hydroxyl groups excluding tert-OH is 2. The van der Waals surface area contributed by atoms with Crippen LogP contribution in [0.4, 0.5) is 14.4 Å². The first-order valence-electron chi connectivity index (χ1n) is 13.1. The van der Waals surface area contributed by atoms with E-state index >= 15 is 0 Å². The van der Waals surface area contributed by atoms with Gasteiger partial charge in [0.05, 0.1) is 12.5 Å². The normalized spacial score (nSPS) is 12.0. The molecule has 13 nitrogen and oxygen atoms in total. The van der Waals surface area contributed by atoms with E-state index in [1.807, 2.05) is 0 Å². The van der Waals surface area contributed by atoms with Gasteiger partial charge in [-0.3, -0.25) is 0 Å². The van der Waals surface area contributed by atoms with Crippen LogP contribution in [0.2, 0.25) is 0 Å². The molecule has 0 aliphatic rings. The average molecular weight is 562 g/mol.